The SMILES string of the molecule is CN(C)C(=O)C(=NOC(=O)c1cccc(Cl)c1)S(=O)(=O)c1ccc(Br)cc1. The smallest absolute Gasteiger partial charge is 0.343 e. The van der Waals surface area contributed by atoms with Crippen molar-refractivity contribution in [3.63, 3.8) is 0 Å². The average molecular weight is 474 g/mol. The average Bonchev–Trinajstić information content (AvgIpc) is 2.61. The molecule has 0 aromatic heterocycles. The molecule has 0 N–H and O–H groups in total. The van der Waals surface area contributed by atoms with Crippen LogP contribution in [0.15, 0.2) is 63.1 Å². The van der Waals surface area contributed by atoms with E-state index in [0.717, 1.165) is 4.90 Å². The van der Waals surface area contributed by atoms with Crippen LogP contribution in [0.5, 0.6) is 0 Å². The van der Waals surface area contributed by atoms with Crippen molar-refractivity contribution >= 4 is 54.3 Å². The van der Waals surface area contributed by atoms with Gasteiger partial charge in [-0.2, -0.15) is 0 Å². The van der Waals surface area contributed by atoms with Gasteiger partial charge in [-0.25, -0.2) is 13.2 Å². The summed E-state index contributed by atoms with van der Waals surface area (Å²) < 4.78 is 26.2. The van der Waals surface area contributed by atoms with Crippen LogP contribution in [-0.2, 0) is 19.5 Å². The van der Waals surface area contributed by atoms with Crippen molar-refractivity contribution in [2.75, 3.05) is 14.1 Å². The maximum Gasteiger partial charge on any atom is 0.365 e. The zero-order valence-electron chi connectivity index (χ0n) is 14.2. The molecule has 0 aliphatic heterocycles. The fourth-order valence-electron chi connectivity index (χ4n) is 1.87. The largest absolute Gasteiger partial charge is 0.365 e. The fourth-order valence-corrected chi connectivity index (χ4v) is 3.59. The Bertz CT molecular complexity index is 1000. The molecule has 0 atom stereocenters. The van der Waals surface area contributed by atoms with E-state index in [9.17, 15) is 18.0 Å². The lowest BCUT2D eigenvalue weighted by Gasteiger charge is -2.12. The predicted octanol–water partition coefficient (Wildman–Crippen LogP) is 3.13. The molecule has 0 saturated heterocycles. The molecule has 0 spiro atoms. The summed E-state index contributed by atoms with van der Waals surface area (Å²) in [4.78, 5) is 30.0. The summed E-state index contributed by atoms with van der Waals surface area (Å²) in [7, 11) is -1.60. The van der Waals surface area contributed by atoms with E-state index in [1.807, 2.05) is 0 Å². The first-order valence-corrected chi connectivity index (χ1v) is 10.1. The molecule has 2 rings (SSSR count). The van der Waals surface area contributed by atoms with Gasteiger partial charge in [0, 0.05) is 23.6 Å². The number of amides is 1. The summed E-state index contributed by atoms with van der Waals surface area (Å²) >= 11 is 9.01. The summed E-state index contributed by atoms with van der Waals surface area (Å²) in [6.07, 6.45) is 0. The van der Waals surface area contributed by atoms with Gasteiger partial charge in [-0.05, 0) is 42.5 Å². The number of oxime groups is 1. The van der Waals surface area contributed by atoms with Gasteiger partial charge in [0.1, 0.15) is 0 Å². The molecular weight excluding hydrogens is 460 g/mol. The Morgan fingerprint density at radius 1 is 1.11 bits per heavy atom. The first kappa shape index (κ1) is 21.1. The monoisotopic (exact) mass is 472 g/mol. The maximum absolute atomic E-state index is 12.8. The van der Waals surface area contributed by atoms with Crippen molar-refractivity contribution in [2.24, 2.45) is 5.16 Å². The highest BCUT2D eigenvalue weighted by atomic mass is 79.9. The van der Waals surface area contributed by atoms with E-state index in [1.165, 1.54) is 56.6 Å². The van der Waals surface area contributed by atoms with E-state index < -0.39 is 26.8 Å². The van der Waals surface area contributed by atoms with Crippen LogP contribution in [-0.4, -0.2) is 44.3 Å². The second-order valence-electron chi connectivity index (χ2n) is 5.44. The third-order valence-electron chi connectivity index (χ3n) is 3.24. The predicted molar refractivity (Wildman–Crippen MR) is 104 cm³/mol. The molecule has 0 unspecified atom stereocenters. The number of benzene rings is 2. The van der Waals surface area contributed by atoms with E-state index in [-0.39, 0.29) is 10.5 Å². The molecule has 2 aromatic carbocycles. The first-order chi connectivity index (χ1) is 12.6. The molecule has 0 aliphatic carbocycles. The van der Waals surface area contributed by atoms with Gasteiger partial charge < -0.3 is 9.74 Å². The zero-order chi connectivity index (χ0) is 20.2. The Labute approximate surface area is 169 Å². The van der Waals surface area contributed by atoms with Crippen molar-refractivity contribution in [2.45, 2.75) is 4.90 Å². The topological polar surface area (TPSA) is 93.1 Å². The molecule has 2 aromatic rings. The molecule has 10 heteroatoms. The van der Waals surface area contributed by atoms with Gasteiger partial charge >= 0.3 is 5.97 Å². The lowest BCUT2D eigenvalue weighted by atomic mass is 10.2. The Morgan fingerprint density at radius 3 is 2.30 bits per heavy atom. The maximum atomic E-state index is 12.8. The van der Waals surface area contributed by atoms with Crippen molar-refractivity contribution < 1.29 is 22.8 Å². The molecule has 0 radical (unpaired) electrons. The van der Waals surface area contributed by atoms with Gasteiger partial charge in [-0.1, -0.05) is 38.8 Å². The molecule has 0 bridgehead atoms. The molecule has 0 heterocycles. The van der Waals surface area contributed by atoms with E-state index in [2.05, 4.69) is 21.1 Å². The van der Waals surface area contributed by atoms with E-state index in [0.29, 0.717) is 9.50 Å². The van der Waals surface area contributed by atoms with Crippen molar-refractivity contribution in [3.8, 4) is 0 Å². The van der Waals surface area contributed by atoms with Gasteiger partial charge in [-0.3, -0.25) is 4.79 Å². The van der Waals surface area contributed by atoms with Crippen LogP contribution >= 0.6 is 27.5 Å². The number of hydrogen-bond donors (Lipinski definition) is 0. The highest BCUT2D eigenvalue weighted by Gasteiger charge is 2.32. The van der Waals surface area contributed by atoms with Crippen LogP contribution in [0.1, 0.15) is 10.4 Å². The normalized spacial score (nSPS) is 11.8. The van der Waals surface area contributed by atoms with E-state index >= 15 is 0 Å². The number of carbonyl (C=O) groups excluding carboxylic acids is 2. The van der Waals surface area contributed by atoms with Crippen LogP contribution in [0.4, 0.5) is 0 Å². The van der Waals surface area contributed by atoms with Crippen LogP contribution in [0, 0.1) is 0 Å². The molecule has 0 aliphatic rings. The van der Waals surface area contributed by atoms with E-state index in [4.69, 9.17) is 16.4 Å². The number of hydrogen-bond acceptors (Lipinski definition) is 6. The highest BCUT2D eigenvalue weighted by molar-refractivity contribution is 9.10. The Morgan fingerprint density at radius 2 is 1.74 bits per heavy atom. The highest BCUT2D eigenvalue weighted by Crippen LogP contribution is 2.18. The summed E-state index contributed by atoms with van der Waals surface area (Å²) in [5.74, 6) is -1.88. The second kappa shape index (κ2) is 8.64. The number of halogens is 2. The van der Waals surface area contributed by atoms with Crippen LogP contribution in [0.25, 0.3) is 0 Å². The third-order valence-corrected chi connectivity index (χ3v) is 5.65. The number of nitrogens with zero attached hydrogens (tertiary/aromatic N) is 2. The molecule has 7 nitrogen and oxygen atoms in total. The Kier molecular flexibility index (Phi) is 6.74. The summed E-state index contributed by atoms with van der Waals surface area (Å²) in [6.45, 7) is 0. The van der Waals surface area contributed by atoms with Crippen LogP contribution in [0.2, 0.25) is 5.02 Å². The Balaban J connectivity index is 2.42. The molecule has 27 heavy (non-hydrogen) atoms. The fraction of sp³-hybridized carbons (Fsp3) is 0.118. The molecule has 1 amide bonds. The molecule has 0 fully saturated rings. The number of sulfone groups is 1. The van der Waals surface area contributed by atoms with Crippen LogP contribution in [0.3, 0.4) is 0 Å². The zero-order valence-corrected chi connectivity index (χ0v) is 17.4. The van der Waals surface area contributed by atoms with Crippen molar-refractivity contribution in [1.29, 1.82) is 0 Å². The van der Waals surface area contributed by atoms with Crippen molar-refractivity contribution in [3.05, 3.63) is 63.6 Å². The first-order valence-electron chi connectivity index (χ1n) is 7.40. The number of rotatable bonds is 3. The summed E-state index contributed by atoms with van der Waals surface area (Å²) in [5.41, 5.74) is 0.0592. The van der Waals surface area contributed by atoms with Gasteiger partial charge in [0.2, 0.25) is 9.84 Å². The van der Waals surface area contributed by atoms with Gasteiger partial charge in [0.05, 0.1) is 10.5 Å². The minimum atomic E-state index is -4.31. The van der Waals surface area contributed by atoms with Gasteiger partial charge in [0.15, 0.2) is 0 Å². The van der Waals surface area contributed by atoms with Gasteiger partial charge in [-0.15, -0.1) is 0 Å². The third kappa shape index (κ3) is 5.15. The molecular formula is C17H14BrClN2O5S. The van der Waals surface area contributed by atoms with Crippen molar-refractivity contribution in [1.82, 2.24) is 4.90 Å². The summed E-state index contributed by atoms with van der Waals surface area (Å²) in [5, 5.41) is 2.73. The lowest BCUT2D eigenvalue weighted by molar-refractivity contribution is -0.121. The standard InChI is InChI=1S/C17H14BrClN2O5S/c1-21(2)16(22)15(27(24,25)14-8-6-12(18)7-9-14)20-26-17(23)11-4-3-5-13(19)10-11/h3-10H,1-2H3. The number of carbonyl (C=O) groups is 2. The molecule has 0 saturated carbocycles. The van der Waals surface area contributed by atoms with Crippen LogP contribution < -0.4 is 0 Å². The minimum absolute atomic E-state index is 0.0592. The lowest BCUT2D eigenvalue weighted by Crippen LogP contribution is -2.35. The quantitative estimate of drug-likeness (QED) is 0.295. The molecule has 142 valence electrons. The minimum Gasteiger partial charge on any atom is -0.343 e. The van der Waals surface area contributed by atoms with Gasteiger partial charge in [0.25, 0.3) is 11.0 Å². The Hall–Kier alpha value is -2.23. The van der Waals surface area contributed by atoms with E-state index in [1.54, 1.807) is 6.07 Å². The summed E-state index contributed by atoms with van der Waals surface area (Å²) in [6, 6.07) is 11.4. The second-order valence-corrected chi connectivity index (χ2v) is 8.66.